The quantitative estimate of drug-likeness (QED) is 0.160. The lowest BCUT2D eigenvalue weighted by Crippen LogP contribution is -2.62. The highest BCUT2D eigenvalue weighted by Gasteiger charge is 2.40. The number of fused-ring (bicyclic) bond motifs is 1. The number of aromatic carboxylic acids is 1. The number of nitrogens with one attached hydrogen (secondary N) is 2. The number of nitrogens with two attached hydrogens (primary N) is 1. The molecule has 1 fully saturated rings. The molecule has 0 unspecified atom stereocenters. The van der Waals surface area contributed by atoms with Gasteiger partial charge in [-0.15, -0.1) is 0 Å². The minimum Gasteiger partial charge on any atom is -0.534 e. The van der Waals surface area contributed by atoms with Crippen molar-refractivity contribution in [2.75, 3.05) is 26.2 Å². The molecule has 0 saturated carbocycles. The number of urea groups is 1. The van der Waals surface area contributed by atoms with Crippen molar-refractivity contribution >= 4 is 42.8 Å². The molecule has 224 valence electrons. The third kappa shape index (κ3) is 8.30. The average Bonchev–Trinajstić information content (AvgIpc) is 2.89. The van der Waals surface area contributed by atoms with E-state index in [2.05, 4.69) is 10.6 Å². The van der Waals surface area contributed by atoms with Gasteiger partial charge in [-0.05, 0) is 37.9 Å². The molecule has 15 nitrogen and oxygen atoms in total. The monoisotopic (exact) mass is 589 g/mol. The summed E-state index contributed by atoms with van der Waals surface area (Å²) in [7, 11) is -1.53. The molecule has 3 rings (SSSR count). The highest BCUT2D eigenvalue weighted by atomic mass is 19.4. The number of rotatable bonds is 7. The normalized spacial score (nSPS) is 17.4. The maximum Gasteiger partial charge on any atom is 0.547 e. The number of piperazine rings is 1. The molecule has 1 aromatic rings. The highest BCUT2D eigenvalue weighted by molar-refractivity contribution is 6.47. The van der Waals surface area contributed by atoms with Gasteiger partial charge in [-0.2, -0.15) is 13.2 Å². The molecular weight excluding hydrogens is 562 g/mol. The van der Waals surface area contributed by atoms with Crippen LogP contribution in [0.3, 0.4) is 0 Å². The van der Waals surface area contributed by atoms with Crippen molar-refractivity contribution in [3.05, 3.63) is 29.3 Å². The largest absolute Gasteiger partial charge is 0.547 e. The lowest BCUT2D eigenvalue weighted by atomic mass is 9.72. The van der Waals surface area contributed by atoms with E-state index in [0.717, 1.165) is 4.90 Å². The Labute approximate surface area is 230 Å². The first-order chi connectivity index (χ1) is 19.1. The second-order valence-electron chi connectivity index (χ2n) is 8.65. The van der Waals surface area contributed by atoms with Crippen molar-refractivity contribution in [2.24, 2.45) is 5.73 Å². The van der Waals surface area contributed by atoms with E-state index >= 15 is 0 Å². The fraction of sp³-hybridized carbons (Fsp3) is 0.455. The second-order valence-corrected chi connectivity index (χ2v) is 8.65. The molecule has 2 aliphatic rings. The Kier molecular flexibility index (Phi) is 11.0. The van der Waals surface area contributed by atoms with Gasteiger partial charge < -0.3 is 41.2 Å². The van der Waals surface area contributed by atoms with Crippen LogP contribution in [0, 0.1) is 0 Å². The number of carbonyl (C=O) groups excluding carboxylic acids is 4. The molecule has 0 spiro atoms. The van der Waals surface area contributed by atoms with E-state index in [4.69, 9.17) is 20.3 Å². The zero-order valence-corrected chi connectivity index (χ0v) is 21.5. The molecule has 0 radical (unpaired) electrons. The summed E-state index contributed by atoms with van der Waals surface area (Å²) < 4.78 is 37.1. The van der Waals surface area contributed by atoms with Crippen LogP contribution in [-0.4, -0.2) is 112 Å². The van der Waals surface area contributed by atoms with Gasteiger partial charge in [-0.3, -0.25) is 19.3 Å². The maximum atomic E-state index is 12.9. The number of carbonyl (C=O) groups is 6. The Hall–Kier alpha value is -4.39. The predicted molar refractivity (Wildman–Crippen MR) is 131 cm³/mol. The van der Waals surface area contributed by atoms with E-state index in [-0.39, 0.29) is 43.8 Å². The number of para-hydroxylation sites is 1. The fourth-order valence-corrected chi connectivity index (χ4v) is 3.83. The summed E-state index contributed by atoms with van der Waals surface area (Å²) in [5.74, 6) is -7.36. The molecule has 5 amide bonds. The van der Waals surface area contributed by atoms with Gasteiger partial charge in [0.05, 0.1) is 11.5 Å². The summed E-state index contributed by atoms with van der Waals surface area (Å²) in [5.41, 5.74) is 5.94. The van der Waals surface area contributed by atoms with Crippen molar-refractivity contribution < 1.29 is 61.8 Å². The van der Waals surface area contributed by atoms with Gasteiger partial charge in [0, 0.05) is 19.6 Å². The second kappa shape index (κ2) is 13.8. The number of amides is 5. The molecule has 2 heterocycles. The van der Waals surface area contributed by atoms with Gasteiger partial charge in [-0.1, -0.05) is 12.1 Å². The Morgan fingerprint density at radius 2 is 1.80 bits per heavy atom. The Balaban J connectivity index is 0.000000745. The lowest BCUT2D eigenvalue weighted by Gasteiger charge is -2.33. The lowest BCUT2D eigenvalue weighted by molar-refractivity contribution is -0.192. The van der Waals surface area contributed by atoms with E-state index in [1.165, 1.54) is 17.0 Å². The van der Waals surface area contributed by atoms with Crippen LogP contribution < -0.4 is 21.0 Å². The summed E-state index contributed by atoms with van der Waals surface area (Å²) in [4.78, 5) is 72.2. The molecule has 2 aliphatic heterocycles. The van der Waals surface area contributed by atoms with Crippen LogP contribution in [0.15, 0.2) is 18.2 Å². The number of carboxylic acids is 2. The van der Waals surface area contributed by atoms with Gasteiger partial charge in [0.25, 0.3) is 0 Å². The number of halogens is 3. The van der Waals surface area contributed by atoms with E-state index < -0.39 is 61.0 Å². The molecule has 0 aromatic heterocycles. The molecule has 0 bridgehead atoms. The predicted octanol–water partition coefficient (Wildman–Crippen LogP) is -1.42. The molecule has 7 N–H and O–H groups in total. The number of hydrogen-bond acceptors (Lipinski definition) is 9. The van der Waals surface area contributed by atoms with Crippen LogP contribution in [0.25, 0.3) is 0 Å². The van der Waals surface area contributed by atoms with Gasteiger partial charge in [0.1, 0.15) is 11.8 Å². The summed E-state index contributed by atoms with van der Waals surface area (Å²) in [6.07, 6.45) is -4.98. The molecule has 2 atom stereocenters. The third-order valence-electron chi connectivity index (χ3n) is 5.93. The average molecular weight is 589 g/mol. The number of benzene rings is 1. The van der Waals surface area contributed by atoms with Crippen molar-refractivity contribution in [2.45, 2.75) is 37.9 Å². The molecular formula is C22H27BF3N5O10. The molecule has 1 aromatic carbocycles. The van der Waals surface area contributed by atoms with Crippen LogP contribution in [0.2, 0.25) is 0 Å². The molecule has 19 heteroatoms. The standard InChI is InChI=1S/C20H26BN5O8.C2HF3O2/c1-2-25-8-9-26(18(29)17(25)28)20(32)23-13(6-7-22)16(27)24-14-10-11-4-3-5-12(19(30)31)15(11)34-21(14)33;3-2(4,5)1(6)7/h3-5,13-14,33H,2,6-10,22H2,1H3,(H,23,32)(H,24,27)(H,30,31);(H,6,7)/t13-,14+;/m1./s1. The van der Waals surface area contributed by atoms with Crippen LogP contribution in [0.5, 0.6) is 5.75 Å². The zero-order chi connectivity index (χ0) is 31.1. The summed E-state index contributed by atoms with van der Waals surface area (Å²) in [6.45, 7) is 2.25. The topological polar surface area (TPSA) is 229 Å². The number of carboxylic acid groups (broad SMARTS) is 2. The van der Waals surface area contributed by atoms with Crippen LogP contribution in [0.1, 0.15) is 29.3 Å². The van der Waals surface area contributed by atoms with E-state index in [1.54, 1.807) is 13.0 Å². The van der Waals surface area contributed by atoms with Crippen molar-refractivity contribution in [1.29, 1.82) is 0 Å². The molecule has 0 aliphatic carbocycles. The minimum absolute atomic E-state index is 0.0148. The SMILES string of the molecule is CCN1CCN(C(=O)N[C@H](CCN)C(=O)N[C@H]2Cc3cccc(C(=O)O)c3OB2O)C(=O)C1=O.O=C(O)C(F)(F)F. The minimum atomic E-state index is -5.08. The Morgan fingerprint density at radius 3 is 2.34 bits per heavy atom. The molecule has 1 saturated heterocycles. The number of alkyl halides is 3. The summed E-state index contributed by atoms with van der Waals surface area (Å²) in [6, 6.07) is 2.43. The third-order valence-corrected chi connectivity index (χ3v) is 5.93. The van der Waals surface area contributed by atoms with Crippen LogP contribution >= 0.6 is 0 Å². The maximum absolute atomic E-state index is 12.9. The van der Waals surface area contributed by atoms with Crippen LogP contribution in [0.4, 0.5) is 18.0 Å². The van der Waals surface area contributed by atoms with Crippen molar-refractivity contribution in [1.82, 2.24) is 20.4 Å². The smallest absolute Gasteiger partial charge is 0.534 e. The fourth-order valence-electron chi connectivity index (χ4n) is 3.83. The number of imide groups is 1. The Morgan fingerprint density at radius 1 is 1.17 bits per heavy atom. The van der Waals surface area contributed by atoms with Gasteiger partial charge in [0.2, 0.25) is 5.91 Å². The van der Waals surface area contributed by atoms with Crippen molar-refractivity contribution in [3.63, 3.8) is 0 Å². The Bertz CT molecular complexity index is 1200. The number of nitrogens with zero attached hydrogens (tertiary/aromatic N) is 2. The first-order valence-corrected chi connectivity index (χ1v) is 12.0. The van der Waals surface area contributed by atoms with Gasteiger partial charge in [0.15, 0.2) is 0 Å². The summed E-state index contributed by atoms with van der Waals surface area (Å²) in [5, 5.41) is 31.8. The summed E-state index contributed by atoms with van der Waals surface area (Å²) >= 11 is 0. The van der Waals surface area contributed by atoms with E-state index in [1.807, 2.05) is 0 Å². The highest BCUT2D eigenvalue weighted by Crippen LogP contribution is 2.30. The van der Waals surface area contributed by atoms with Gasteiger partial charge in [-0.25, -0.2) is 14.4 Å². The van der Waals surface area contributed by atoms with E-state index in [9.17, 15) is 47.3 Å². The number of hydrogen-bond donors (Lipinski definition) is 6. The number of likely N-dealkylation sites (N-methyl/N-ethyl adjacent to an activating group) is 1. The van der Waals surface area contributed by atoms with E-state index in [0.29, 0.717) is 12.1 Å². The first kappa shape index (κ1) is 32.8. The first-order valence-electron chi connectivity index (χ1n) is 12.0. The van der Waals surface area contributed by atoms with Crippen molar-refractivity contribution in [3.8, 4) is 5.75 Å². The van der Waals surface area contributed by atoms with Crippen LogP contribution in [-0.2, 0) is 25.6 Å². The number of aliphatic carboxylic acids is 1. The molecule has 41 heavy (non-hydrogen) atoms. The zero-order valence-electron chi connectivity index (χ0n) is 21.5. The van der Waals surface area contributed by atoms with Gasteiger partial charge >= 0.3 is 43.1 Å².